The largest absolute Gasteiger partial charge is 0.393 e. The smallest absolute Gasteiger partial charge is 0.0571 e. The van der Waals surface area contributed by atoms with E-state index in [0.717, 1.165) is 12.8 Å². The van der Waals surface area contributed by atoms with Crippen LogP contribution in [-0.2, 0) is 6.42 Å². The number of thiophene rings is 1. The van der Waals surface area contributed by atoms with Crippen LogP contribution >= 0.6 is 27.3 Å². The summed E-state index contributed by atoms with van der Waals surface area (Å²) >= 11 is 5.30. The molecule has 1 aromatic rings. The van der Waals surface area contributed by atoms with Crippen molar-refractivity contribution in [1.29, 1.82) is 0 Å². The highest BCUT2D eigenvalue weighted by molar-refractivity contribution is 9.10. The first kappa shape index (κ1) is 9.69. The van der Waals surface area contributed by atoms with E-state index in [2.05, 4.69) is 27.4 Å². The van der Waals surface area contributed by atoms with Gasteiger partial charge in [-0.2, -0.15) is 0 Å². The predicted molar refractivity (Wildman–Crippen MR) is 59.1 cm³/mol. The van der Waals surface area contributed by atoms with Crippen molar-refractivity contribution < 1.29 is 5.11 Å². The molecule has 0 radical (unpaired) electrons. The maximum absolute atomic E-state index is 9.67. The van der Waals surface area contributed by atoms with Crippen molar-refractivity contribution in [2.45, 2.75) is 31.8 Å². The van der Waals surface area contributed by atoms with E-state index < -0.39 is 0 Å². The van der Waals surface area contributed by atoms with Gasteiger partial charge in [-0.15, -0.1) is 11.3 Å². The van der Waals surface area contributed by atoms with Gasteiger partial charge in [0.1, 0.15) is 0 Å². The molecule has 3 heteroatoms. The predicted octanol–water partition coefficient (Wildman–Crippen LogP) is 3.21. The number of aliphatic hydroxyl groups excluding tert-OH is 1. The topological polar surface area (TPSA) is 20.2 Å². The van der Waals surface area contributed by atoms with E-state index in [1.807, 2.05) is 0 Å². The second kappa shape index (κ2) is 4.11. The molecule has 0 amide bonds. The molecule has 0 bridgehead atoms. The maximum atomic E-state index is 9.67. The van der Waals surface area contributed by atoms with Crippen molar-refractivity contribution in [2.75, 3.05) is 0 Å². The van der Waals surface area contributed by atoms with Gasteiger partial charge in [0.2, 0.25) is 0 Å². The average molecular weight is 261 g/mol. The summed E-state index contributed by atoms with van der Waals surface area (Å²) in [5.74, 6) is 0.495. The van der Waals surface area contributed by atoms with Crippen molar-refractivity contribution >= 4 is 27.3 Å². The molecule has 1 aromatic heterocycles. The molecule has 72 valence electrons. The van der Waals surface area contributed by atoms with Crippen molar-refractivity contribution in [2.24, 2.45) is 5.92 Å². The van der Waals surface area contributed by atoms with Crippen molar-refractivity contribution in [3.8, 4) is 0 Å². The van der Waals surface area contributed by atoms with Gasteiger partial charge in [-0.25, -0.2) is 0 Å². The van der Waals surface area contributed by atoms with Gasteiger partial charge in [0.15, 0.2) is 0 Å². The van der Waals surface area contributed by atoms with Crippen LogP contribution < -0.4 is 0 Å². The Labute approximate surface area is 90.9 Å². The van der Waals surface area contributed by atoms with Gasteiger partial charge in [0.25, 0.3) is 0 Å². The van der Waals surface area contributed by atoms with Crippen LogP contribution in [0, 0.1) is 5.92 Å². The van der Waals surface area contributed by atoms with Gasteiger partial charge in [-0.1, -0.05) is 6.42 Å². The van der Waals surface area contributed by atoms with Crippen LogP contribution in [0.2, 0.25) is 0 Å². The van der Waals surface area contributed by atoms with E-state index in [0.29, 0.717) is 5.92 Å². The molecule has 13 heavy (non-hydrogen) atoms. The van der Waals surface area contributed by atoms with Crippen LogP contribution in [0.1, 0.15) is 24.1 Å². The monoisotopic (exact) mass is 260 g/mol. The summed E-state index contributed by atoms with van der Waals surface area (Å²) in [5.41, 5.74) is 0. The van der Waals surface area contributed by atoms with E-state index in [4.69, 9.17) is 0 Å². The number of hydrogen-bond donors (Lipinski definition) is 1. The van der Waals surface area contributed by atoms with Gasteiger partial charge < -0.3 is 5.11 Å². The zero-order valence-electron chi connectivity index (χ0n) is 7.37. The normalized spacial score (nSPS) is 28.2. The van der Waals surface area contributed by atoms with Crippen LogP contribution in [0.25, 0.3) is 0 Å². The van der Waals surface area contributed by atoms with Gasteiger partial charge in [0, 0.05) is 9.35 Å². The third-order valence-corrected chi connectivity index (χ3v) is 4.71. The molecule has 0 saturated heterocycles. The lowest BCUT2D eigenvalue weighted by atomic mass is 10.0. The van der Waals surface area contributed by atoms with Crippen molar-refractivity contribution in [3.05, 3.63) is 20.8 Å². The van der Waals surface area contributed by atoms with E-state index in [-0.39, 0.29) is 6.10 Å². The summed E-state index contributed by atoms with van der Waals surface area (Å²) in [6.45, 7) is 0. The number of hydrogen-bond acceptors (Lipinski definition) is 2. The molecule has 1 aliphatic carbocycles. The highest BCUT2D eigenvalue weighted by Gasteiger charge is 2.25. The lowest BCUT2D eigenvalue weighted by Gasteiger charge is -2.12. The van der Waals surface area contributed by atoms with Crippen LogP contribution in [0.3, 0.4) is 0 Å². The fourth-order valence-electron chi connectivity index (χ4n) is 1.96. The second-order valence-corrected chi connectivity index (χ2v) is 5.51. The molecule has 1 nitrogen and oxygen atoms in total. The molecule has 1 aliphatic rings. The van der Waals surface area contributed by atoms with Crippen molar-refractivity contribution in [3.63, 3.8) is 0 Å². The molecule has 2 rings (SSSR count). The molecular weight excluding hydrogens is 248 g/mol. The molecule has 2 unspecified atom stereocenters. The van der Waals surface area contributed by atoms with Crippen LogP contribution in [0.15, 0.2) is 15.9 Å². The molecule has 2 atom stereocenters. The number of halogens is 1. The number of rotatable bonds is 2. The highest BCUT2D eigenvalue weighted by Crippen LogP contribution is 2.33. The first-order chi connectivity index (χ1) is 6.27. The third-order valence-electron chi connectivity index (χ3n) is 2.76. The first-order valence-electron chi connectivity index (χ1n) is 4.67. The summed E-state index contributed by atoms with van der Waals surface area (Å²) in [4.78, 5) is 1.38. The Balaban J connectivity index is 2.01. The molecule has 1 N–H and O–H groups in total. The van der Waals surface area contributed by atoms with Gasteiger partial charge >= 0.3 is 0 Å². The zero-order valence-corrected chi connectivity index (χ0v) is 9.77. The number of aliphatic hydroxyl groups is 1. The van der Waals surface area contributed by atoms with E-state index in [9.17, 15) is 5.11 Å². The van der Waals surface area contributed by atoms with Gasteiger partial charge in [-0.3, -0.25) is 0 Å². The molecule has 1 saturated carbocycles. The molecular formula is C10H13BrOS. The minimum Gasteiger partial charge on any atom is -0.393 e. The van der Waals surface area contributed by atoms with Crippen LogP contribution in [0.4, 0.5) is 0 Å². The van der Waals surface area contributed by atoms with E-state index in [1.165, 1.54) is 22.2 Å². The quantitative estimate of drug-likeness (QED) is 0.866. The molecule has 1 heterocycles. The minimum absolute atomic E-state index is 0.0611. The van der Waals surface area contributed by atoms with Crippen molar-refractivity contribution in [1.82, 2.24) is 0 Å². The Morgan fingerprint density at radius 2 is 2.38 bits per heavy atom. The molecule has 0 spiro atoms. The molecule has 0 aromatic carbocycles. The lowest BCUT2D eigenvalue weighted by Crippen LogP contribution is -2.14. The Bertz CT molecular complexity index is 284. The zero-order chi connectivity index (χ0) is 9.26. The van der Waals surface area contributed by atoms with E-state index in [1.54, 1.807) is 11.3 Å². The summed E-state index contributed by atoms with van der Waals surface area (Å²) in [6, 6.07) is 2.08. The maximum Gasteiger partial charge on any atom is 0.0571 e. The summed E-state index contributed by atoms with van der Waals surface area (Å²) < 4.78 is 1.21. The first-order valence-corrected chi connectivity index (χ1v) is 6.34. The lowest BCUT2D eigenvalue weighted by molar-refractivity contribution is 0.133. The Morgan fingerprint density at radius 1 is 1.54 bits per heavy atom. The van der Waals surface area contributed by atoms with Gasteiger partial charge in [-0.05, 0) is 52.6 Å². The van der Waals surface area contributed by atoms with E-state index >= 15 is 0 Å². The summed E-state index contributed by atoms with van der Waals surface area (Å²) in [7, 11) is 0. The van der Waals surface area contributed by atoms with Crippen LogP contribution in [-0.4, -0.2) is 11.2 Å². The summed E-state index contributed by atoms with van der Waals surface area (Å²) in [6.07, 6.45) is 4.35. The fraction of sp³-hybridized carbons (Fsp3) is 0.600. The average Bonchev–Trinajstić information content (AvgIpc) is 2.65. The Morgan fingerprint density at radius 3 is 2.92 bits per heavy atom. The molecule has 0 aliphatic heterocycles. The minimum atomic E-state index is -0.0611. The SMILES string of the molecule is OC1CCCC1Cc1sccc1Br. The Kier molecular flexibility index (Phi) is 3.06. The highest BCUT2D eigenvalue weighted by atomic mass is 79.9. The Hall–Kier alpha value is 0.140. The van der Waals surface area contributed by atoms with Crippen LogP contribution in [0.5, 0.6) is 0 Å². The standard InChI is InChI=1S/C10H13BrOS/c11-8-4-5-13-10(8)6-7-2-1-3-9(7)12/h4-5,7,9,12H,1-3,6H2. The fourth-order valence-corrected chi connectivity index (χ4v) is 3.57. The van der Waals surface area contributed by atoms with Gasteiger partial charge in [0.05, 0.1) is 6.10 Å². The summed E-state index contributed by atoms with van der Waals surface area (Å²) in [5, 5.41) is 11.8. The third kappa shape index (κ3) is 2.14. The molecule has 1 fully saturated rings. The second-order valence-electron chi connectivity index (χ2n) is 3.65.